The SMILES string of the molecule is CCNC(=O)C(C)N(Cc1ccccc1C)C(=O)CSCc1cccc(Cl)c1. The van der Waals surface area contributed by atoms with Gasteiger partial charge in [0.25, 0.3) is 0 Å². The zero-order chi connectivity index (χ0) is 20.5. The lowest BCUT2D eigenvalue weighted by Crippen LogP contribution is -2.48. The molecule has 6 heteroatoms. The maximum atomic E-state index is 13.0. The first-order valence-electron chi connectivity index (χ1n) is 9.36. The van der Waals surface area contributed by atoms with Crippen molar-refractivity contribution in [1.29, 1.82) is 0 Å². The highest BCUT2D eigenvalue weighted by molar-refractivity contribution is 7.99. The van der Waals surface area contributed by atoms with Crippen molar-refractivity contribution in [1.82, 2.24) is 10.2 Å². The Morgan fingerprint density at radius 1 is 1.18 bits per heavy atom. The van der Waals surface area contributed by atoms with Crippen LogP contribution in [-0.2, 0) is 21.9 Å². The molecule has 28 heavy (non-hydrogen) atoms. The highest BCUT2D eigenvalue weighted by Crippen LogP contribution is 2.19. The maximum absolute atomic E-state index is 13.0. The number of rotatable bonds is 9. The minimum Gasteiger partial charge on any atom is -0.355 e. The highest BCUT2D eigenvalue weighted by Gasteiger charge is 2.26. The first kappa shape index (κ1) is 22.3. The molecule has 0 fully saturated rings. The third-order valence-electron chi connectivity index (χ3n) is 4.50. The molecule has 0 aliphatic rings. The average Bonchev–Trinajstić information content (AvgIpc) is 2.67. The second-order valence-corrected chi connectivity index (χ2v) is 8.06. The monoisotopic (exact) mass is 418 g/mol. The van der Waals surface area contributed by atoms with Gasteiger partial charge in [0, 0.05) is 23.9 Å². The number of carbonyl (C=O) groups excluding carboxylic acids is 2. The van der Waals surface area contributed by atoms with Crippen LogP contribution in [0.2, 0.25) is 5.02 Å². The molecule has 0 aliphatic heterocycles. The minimum atomic E-state index is -0.529. The molecule has 0 saturated heterocycles. The Bertz CT molecular complexity index is 813. The molecule has 4 nitrogen and oxygen atoms in total. The molecule has 150 valence electrons. The molecule has 0 heterocycles. The third kappa shape index (κ3) is 6.57. The van der Waals surface area contributed by atoms with Crippen molar-refractivity contribution in [3.8, 4) is 0 Å². The van der Waals surface area contributed by atoms with Crippen molar-refractivity contribution in [2.75, 3.05) is 12.3 Å². The molecule has 0 aromatic heterocycles. The number of benzene rings is 2. The van der Waals surface area contributed by atoms with E-state index in [4.69, 9.17) is 11.6 Å². The van der Waals surface area contributed by atoms with Gasteiger partial charge in [0.1, 0.15) is 6.04 Å². The van der Waals surface area contributed by atoms with Crippen LogP contribution < -0.4 is 5.32 Å². The van der Waals surface area contributed by atoms with E-state index in [2.05, 4.69) is 5.32 Å². The molecular formula is C22H27ClN2O2S. The second-order valence-electron chi connectivity index (χ2n) is 6.64. The van der Waals surface area contributed by atoms with Crippen molar-refractivity contribution < 1.29 is 9.59 Å². The molecule has 2 aromatic carbocycles. The van der Waals surface area contributed by atoms with E-state index < -0.39 is 6.04 Å². The lowest BCUT2D eigenvalue weighted by atomic mass is 10.1. The molecule has 2 rings (SSSR count). The fraction of sp³-hybridized carbons (Fsp3) is 0.364. The van der Waals surface area contributed by atoms with Gasteiger partial charge in [-0.15, -0.1) is 11.8 Å². The summed E-state index contributed by atoms with van der Waals surface area (Å²) in [6, 6.07) is 15.0. The summed E-state index contributed by atoms with van der Waals surface area (Å²) in [6.45, 7) is 6.63. The van der Waals surface area contributed by atoms with Gasteiger partial charge >= 0.3 is 0 Å². The largest absolute Gasteiger partial charge is 0.355 e. The lowest BCUT2D eigenvalue weighted by Gasteiger charge is -2.29. The van der Waals surface area contributed by atoms with Crippen molar-refractivity contribution in [3.05, 3.63) is 70.2 Å². The van der Waals surface area contributed by atoms with Crippen LogP contribution in [0.3, 0.4) is 0 Å². The van der Waals surface area contributed by atoms with Crippen molar-refractivity contribution in [3.63, 3.8) is 0 Å². The quantitative estimate of drug-likeness (QED) is 0.655. The van der Waals surface area contributed by atoms with Gasteiger partial charge in [-0.25, -0.2) is 0 Å². The molecule has 1 unspecified atom stereocenters. The number of amides is 2. The Labute approximate surface area is 176 Å². The van der Waals surface area contributed by atoms with Gasteiger partial charge in [0.15, 0.2) is 0 Å². The van der Waals surface area contributed by atoms with Crippen molar-refractivity contribution in [2.45, 2.75) is 39.1 Å². The molecule has 0 aliphatic carbocycles. The van der Waals surface area contributed by atoms with Crippen LogP contribution in [-0.4, -0.2) is 35.1 Å². The van der Waals surface area contributed by atoms with E-state index in [0.29, 0.717) is 29.6 Å². The molecule has 0 bridgehead atoms. The first-order chi connectivity index (χ1) is 13.4. The fourth-order valence-electron chi connectivity index (χ4n) is 2.84. The maximum Gasteiger partial charge on any atom is 0.242 e. The van der Waals surface area contributed by atoms with Gasteiger partial charge in [-0.2, -0.15) is 0 Å². The molecule has 0 radical (unpaired) electrons. The summed E-state index contributed by atoms with van der Waals surface area (Å²) in [5.41, 5.74) is 3.23. The van der Waals surface area contributed by atoms with E-state index in [9.17, 15) is 9.59 Å². The summed E-state index contributed by atoms with van der Waals surface area (Å²) in [7, 11) is 0. The van der Waals surface area contributed by atoms with Crippen molar-refractivity contribution in [2.24, 2.45) is 0 Å². The molecular weight excluding hydrogens is 392 g/mol. The number of hydrogen-bond acceptors (Lipinski definition) is 3. The van der Waals surface area contributed by atoms with E-state index in [1.165, 1.54) is 11.8 Å². The van der Waals surface area contributed by atoms with Gasteiger partial charge in [0.05, 0.1) is 5.75 Å². The topological polar surface area (TPSA) is 49.4 Å². The average molecular weight is 419 g/mol. The number of likely N-dealkylation sites (N-methyl/N-ethyl adjacent to an activating group) is 1. The zero-order valence-corrected chi connectivity index (χ0v) is 18.1. The minimum absolute atomic E-state index is 0.0472. The number of nitrogens with zero attached hydrogens (tertiary/aromatic N) is 1. The van der Waals surface area contributed by atoms with E-state index in [1.807, 2.05) is 62.4 Å². The highest BCUT2D eigenvalue weighted by atomic mass is 35.5. The molecule has 0 saturated carbocycles. The van der Waals surface area contributed by atoms with Gasteiger partial charge in [0.2, 0.25) is 11.8 Å². The standard InChI is InChI=1S/C22H27ClN2O2S/c1-4-24-22(27)17(3)25(13-19-10-6-5-8-16(19)2)21(26)15-28-14-18-9-7-11-20(23)12-18/h5-12,17H,4,13-15H2,1-3H3,(H,24,27). The predicted octanol–water partition coefficient (Wildman–Crippen LogP) is 4.44. The van der Waals surface area contributed by atoms with E-state index >= 15 is 0 Å². The second kappa shape index (κ2) is 11.1. The van der Waals surface area contributed by atoms with Crippen LogP contribution in [0.15, 0.2) is 48.5 Å². The summed E-state index contributed by atoms with van der Waals surface area (Å²) in [5.74, 6) is 0.820. The number of hydrogen-bond donors (Lipinski definition) is 1. The smallest absolute Gasteiger partial charge is 0.242 e. The third-order valence-corrected chi connectivity index (χ3v) is 5.73. The Balaban J connectivity index is 2.07. The van der Waals surface area contributed by atoms with E-state index in [0.717, 1.165) is 16.7 Å². The molecule has 2 amide bonds. The van der Waals surface area contributed by atoms with Crippen LogP contribution in [0, 0.1) is 6.92 Å². The van der Waals surface area contributed by atoms with Crippen LogP contribution in [0.1, 0.15) is 30.5 Å². The Morgan fingerprint density at radius 2 is 1.93 bits per heavy atom. The number of thioether (sulfide) groups is 1. The van der Waals surface area contributed by atoms with Crippen molar-refractivity contribution >= 4 is 35.2 Å². The summed E-state index contributed by atoms with van der Waals surface area (Å²) in [4.78, 5) is 27.0. The van der Waals surface area contributed by atoms with Gasteiger partial charge in [-0.3, -0.25) is 9.59 Å². The normalized spacial score (nSPS) is 11.7. The van der Waals surface area contributed by atoms with E-state index in [-0.39, 0.29) is 11.8 Å². The number of halogens is 1. The van der Waals surface area contributed by atoms with Crippen LogP contribution in [0.5, 0.6) is 0 Å². The molecule has 1 N–H and O–H groups in total. The number of nitrogens with one attached hydrogen (secondary N) is 1. The van der Waals surface area contributed by atoms with E-state index in [1.54, 1.807) is 11.8 Å². The van der Waals surface area contributed by atoms with Gasteiger partial charge in [-0.05, 0) is 49.6 Å². The van der Waals surface area contributed by atoms with Gasteiger partial charge in [-0.1, -0.05) is 48.0 Å². The van der Waals surface area contributed by atoms with Crippen LogP contribution in [0.25, 0.3) is 0 Å². The van der Waals surface area contributed by atoms with Crippen LogP contribution >= 0.6 is 23.4 Å². The fourth-order valence-corrected chi connectivity index (χ4v) is 3.91. The number of carbonyl (C=O) groups is 2. The molecule has 2 aromatic rings. The summed E-state index contributed by atoms with van der Waals surface area (Å²) >= 11 is 7.55. The Hall–Kier alpha value is -1.98. The first-order valence-corrected chi connectivity index (χ1v) is 10.9. The predicted molar refractivity (Wildman–Crippen MR) is 117 cm³/mol. The zero-order valence-electron chi connectivity index (χ0n) is 16.6. The van der Waals surface area contributed by atoms with Crippen LogP contribution in [0.4, 0.5) is 0 Å². The lowest BCUT2D eigenvalue weighted by molar-refractivity contribution is -0.138. The summed E-state index contributed by atoms with van der Waals surface area (Å²) < 4.78 is 0. The number of aryl methyl sites for hydroxylation is 1. The summed E-state index contributed by atoms with van der Waals surface area (Å²) in [6.07, 6.45) is 0. The Morgan fingerprint density at radius 3 is 2.61 bits per heavy atom. The van der Waals surface area contributed by atoms with Gasteiger partial charge < -0.3 is 10.2 Å². The molecule has 1 atom stereocenters. The Kier molecular flexibility index (Phi) is 8.87. The summed E-state index contributed by atoms with van der Waals surface area (Å²) in [5, 5.41) is 3.51. The molecule has 0 spiro atoms.